The summed E-state index contributed by atoms with van der Waals surface area (Å²) in [5, 5.41) is 3.20. The van der Waals surface area contributed by atoms with E-state index < -0.39 is 0 Å². The third-order valence-corrected chi connectivity index (χ3v) is 4.28. The summed E-state index contributed by atoms with van der Waals surface area (Å²) in [7, 11) is 0. The first kappa shape index (κ1) is 13.4. The van der Waals surface area contributed by atoms with Gasteiger partial charge in [0.05, 0.1) is 18.2 Å². The van der Waals surface area contributed by atoms with E-state index in [2.05, 4.69) is 11.4 Å². The van der Waals surface area contributed by atoms with Gasteiger partial charge in [0, 0.05) is 0 Å². The first-order chi connectivity index (χ1) is 9.74. The average Bonchev–Trinajstić information content (AvgIpc) is 2.47. The number of hydrogen-bond donors (Lipinski definition) is 1. The lowest BCUT2D eigenvalue weighted by molar-refractivity contribution is -0.148. The van der Waals surface area contributed by atoms with Crippen LogP contribution < -0.4 is 10.1 Å². The minimum Gasteiger partial charge on any atom is -0.494 e. The van der Waals surface area contributed by atoms with E-state index in [4.69, 9.17) is 9.47 Å². The predicted octanol–water partition coefficient (Wildman–Crippen LogP) is 2.37. The zero-order chi connectivity index (χ0) is 14.0. The molecule has 0 aromatic heterocycles. The number of hydrogen-bond acceptors (Lipinski definition) is 3. The van der Waals surface area contributed by atoms with E-state index in [0.717, 1.165) is 37.0 Å². The topological polar surface area (TPSA) is 47.6 Å². The highest BCUT2D eigenvalue weighted by molar-refractivity contribution is 5.79. The van der Waals surface area contributed by atoms with Crippen molar-refractivity contribution in [3.63, 3.8) is 0 Å². The first-order valence-corrected chi connectivity index (χ1v) is 7.40. The Kier molecular flexibility index (Phi) is 3.66. The fourth-order valence-electron chi connectivity index (χ4n) is 3.40. The van der Waals surface area contributed by atoms with Crippen molar-refractivity contribution in [3.05, 3.63) is 29.8 Å². The Balaban J connectivity index is 1.98. The minimum atomic E-state index is -0.374. The van der Waals surface area contributed by atoms with Gasteiger partial charge in [-0.1, -0.05) is 25.0 Å². The molecule has 1 aromatic rings. The summed E-state index contributed by atoms with van der Waals surface area (Å²) in [5.74, 6) is 0.827. The summed E-state index contributed by atoms with van der Waals surface area (Å²) in [6, 6.07) is 8.04. The van der Waals surface area contributed by atoms with Crippen LogP contribution in [0.1, 0.15) is 38.2 Å². The highest BCUT2D eigenvalue weighted by atomic mass is 16.5. The fourth-order valence-corrected chi connectivity index (χ4v) is 3.40. The van der Waals surface area contributed by atoms with Crippen molar-refractivity contribution >= 4 is 5.91 Å². The summed E-state index contributed by atoms with van der Waals surface area (Å²) in [6.45, 7) is 2.79. The number of carbonyl (C=O) groups is 1. The Bertz CT molecular complexity index is 502. The number of nitrogens with one attached hydrogen (secondary N) is 1. The van der Waals surface area contributed by atoms with Gasteiger partial charge in [-0.2, -0.15) is 0 Å². The molecule has 20 heavy (non-hydrogen) atoms. The number of rotatable bonds is 3. The molecule has 1 saturated carbocycles. The van der Waals surface area contributed by atoms with Crippen LogP contribution in [0.2, 0.25) is 0 Å². The zero-order valence-corrected chi connectivity index (χ0v) is 11.9. The SMILES string of the molecule is CCOc1cccc(C23CCCCC2OCC(=O)N3)c1. The van der Waals surface area contributed by atoms with Crippen LogP contribution >= 0.6 is 0 Å². The molecule has 108 valence electrons. The normalized spacial score (nSPS) is 29.4. The van der Waals surface area contributed by atoms with Gasteiger partial charge in [-0.15, -0.1) is 0 Å². The highest BCUT2D eigenvalue weighted by Crippen LogP contribution is 2.41. The van der Waals surface area contributed by atoms with Gasteiger partial charge in [0.15, 0.2) is 0 Å². The Hall–Kier alpha value is -1.55. The molecule has 2 atom stereocenters. The van der Waals surface area contributed by atoms with Crippen LogP contribution in [-0.4, -0.2) is 25.2 Å². The molecule has 1 aromatic carbocycles. The molecule has 2 fully saturated rings. The quantitative estimate of drug-likeness (QED) is 0.921. The number of fused-ring (bicyclic) bond motifs is 1. The summed E-state index contributed by atoms with van der Waals surface area (Å²) >= 11 is 0. The van der Waals surface area contributed by atoms with Crippen LogP contribution in [0.25, 0.3) is 0 Å². The number of amides is 1. The lowest BCUT2D eigenvalue weighted by Gasteiger charge is -2.47. The Labute approximate surface area is 119 Å². The highest BCUT2D eigenvalue weighted by Gasteiger charge is 2.47. The molecule has 1 heterocycles. The average molecular weight is 275 g/mol. The van der Waals surface area contributed by atoms with Crippen LogP contribution in [0, 0.1) is 0 Å². The van der Waals surface area contributed by atoms with Gasteiger partial charge in [-0.25, -0.2) is 0 Å². The maximum atomic E-state index is 11.8. The predicted molar refractivity (Wildman–Crippen MR) is 75.6 cm³/mol. The van der Waals surface area contributed by atoms with E-state index in [1.54, 1.807) is 0 Å². The van der Waals surface area contributed by atoms with Gasteiger partial charge < -0.3 is 14.8 Å². The molecule has 4 nitrogen and oxygen atoms in total. The third kappa shape index (κ3) is 2.29. The van der Waals surface area contributed by atoms with Gasteiger partial charge in [-0.3, -0.25) is 4.79 Å². The lowest BCUT2D eigenvalue weighted by atomic mass is 9.73. The van der Waals surface area contributed by atoms with Crippen molar-refractivity contribution in [2.24, 2.45) is 0 Å². The van der Waals surface area contributed by atoms with Crippen molar-refractivity contribution < 1.29 is 14.3 Å². The van der Waals surface area contributed by atoms with E-state index in [1.165, 1.54) is 0 Å². The molecule has 2 aliphatic rings. The smallest absolute Gasteiger partial charge is 0.246 e. The Morgan fingerprint density at radius 3 is 3.20 bits per heavy atom. The monoisotopic (exact) mass is 275 g/mol. The molecule has 1 aliphatic heterocycles. The zero-order valence-electron chi connectivity index (χ0n) is 11.9. The maximum Gasteiger partial charge on any atom is 0.246 e. The minimum absolute atomic E-state index is 0.0232. The van der Waals surface area contributed by atoms with Crippen molar-refractivity contribution in [1.29, 1.82) is 0 Å². The van der Waals surface area contributed by atoms with E-state index in [0.29, 0.717) is 6.61 Å². The number of ether oxygens (including phenoxy) is 2. The summed E-state index contributed by atoms with van der Waals surface area (Å²) in [4.78, 5) is 11.8. The van der Waals surface area contributed by atoms with Crippen LogP contribution in [0.5, 0.6) is 5.75 Å². The maximum absolute atomic E-state index is 11.8. The summed E-state index contributed by atoms with van der Waals surface area (Å²) in [5.41, 5.74) is 0.724. The molecule has 1 amide bonds. The van der Waals surface area contributed by atoms with E-state index in [9.17, 15) is 4.79 Å². The second-order valence-electron chi connectivity index (χ2n) is 5.53. The van der Waals surface area contributed by atoms with Gasteiger partial charge in [0.2, 0.25) is 5.91 Å². The van der Waals surface area contributed by atoms with Gasteiger partial charge in [-0.05, 0) is 37.5 Å². The molecule has 0 radical (unpaired) electrons. The van der Waals surface area contributed by atoms with Gasteiger partial charge >= 0.3 is 0 Å². The number of benzene rings is 1. The lowest BCUT2D eigenvalue weighted by Crippen LogP contribution is -2.61. The molecule has 1 N–H and O–H groups in total. The molecule has 1 saturated heterocycles. The molecular weight excluding hydrogens is 254 g/mol. The van der Waals surface area contributed by atoms with E-state index in [1.807, 2.05) is 25.1 Å². The van der Waals surface area contributed by atoms with Crippen LogP contribution in [0.15, 0.2) is 24.3 Å². The Morgan fingerprint density at radius 1 is 1.45 bits per heavy atom. The summed E-state index contributed by atoms with van der Waals surface area (Å²) in [6.07, 6.45) is 4.27. The van der Waals surface area contributed by atoms with Crippen LogP contribution in [-0.2, 0) is 15.1 Å². The van der Waals surface area contributed by atoms with E-state index >= 15 is 0 Å². The number of morpholine rings is 1. The van der Waals surface area contributed by atoms with Crippen molar-refractivity contribution in [2.75, 3.05) is 13.2 Å². The standard InChI is InChI=1S/C16H21NO3/c1-2-19-13-7-5-6-12(10-13)16-9-4-3-8-14(16)20-11-15(18)17-16/h5-7,10,14H,2-4,8-9,11H2,1H3,(H,17,18). The summed E-state index contributed by atoms with van der Waals surface area (Å²) < 4.78 is 11.4. The fraction of sp³-hybridized carbons (Fsp3) is 0.562. The van der Waals surface area contributed by atoms with E-state index in [-0.39, 0.29) is 24.2 Å². The Morgan fingerprint density at radius 2 is 2.35 bits per heavy atom. The van der Waals surface area contributed by atoms with Crippen molar-refractivity contribution in [3.8, 4) is 5.75 Å². The molecular formula is C16H21NO3. The molecule has 2 unspecified atom stereocenters. The molecule has 0 spiro atoms. The largest absolute Gasteiger partial charge is 0.494 e. The van der Waals surface area contributed by atoms with Crippen molar-refractivity contribution in [2.45, 2.75) is 44.2 Å². The molecule has 1 aliphatic carbocycles. The van der Waals surface area contributed by atoms with Gasteiger partial charge in [0.1, 0.15) is 12.4 Å². The second-order valence-corrected chi connectivity index (χ2v) is 5.53. The molecule has 3 rings (SSSR count). The second kappa shape index (κ2) is 5.44. The van der Waals surface area contributed by atoms with Crippen molar-refractivity contribution in [1.82, 2.24) is 5.32 Å². The number of carbonyl (C=O) groups excluding carboxylic acids is 1. The van der Waals surface area contributed by atoms with Gasteiger partial charge in [0.25, 0.3) is 0 Å². The van der Waals surface area contributed by atoms with Crippen LogP contribution in [0.3, 0.4) is 0 Å². The first-order valence-electron chi connectivity index (χ1n) is 7.40. The van der Waals surface area contributed by atoms with Crippen LogP contribution in [0.4, 0.5) is 0 Å². The molecule has 4 heteroatoms. The third-order valence-electron chi connectivity index (χ3n) is 4.28. The molecule has 0 bridgehead atoms.